The molecule has 0 N–H and O–H groups in total. The average molecular weight is 385 g/mol. The number of aryl methyl sites for hydroxylation is 2. The molecule has 0 unspecified atom stereocenters. The molecule has 140 valence electrons. The van der Waals surface area contributed by atoms with Gasteiger partial charge in [-0.3, -0.25) is 0 Å². The summed E-state index contributed by atoms with van der Waals surface area (Å²) in [6, 6.07) is 18.1. The highest BCUT2D eigenvalue weighted by atomic mass is 28.5. The summed E-state index contributed by atoms with van der Waals surface area (Å²) in [5.41, 5.74) is 4.87. The Hall–Kier alpha value is -1.21. The average Bonchev–Trinajstić information content (AvgIpc) is 2.53. The lowest BCUT2D eigenvalue weighted by Gasteiger charge is -2.53. The van der Waals surface area contributed by atoms with Gasteiger partial charge in [-0.15, -0.1) is 0 Å². The lowest BCUT2D eigenvalue weighted by Crippen LogP contribution is -2.76. The maximum Gasteiger partial charge on any atom is 0.224 e. The zero-order valence-corrected chi connectivity index (χ0v) is 19.0. The second-order valence-corrected chi connectivity index (χ2v) is 16.8. The molecule has 0 radical (unpaired) electrons. The van der Waals surface area contributed by atoms with Crippen molar-refractivity contribution in [3.8, 4) is 0 Å². The van der Waals surface area contributed by atoms with Crippen molar-refractivity contribution in [3.63, 3.8) is 0 Å². The monoisotopic (exact) mass is 384 g/mol. The lowest BCUT2D eigenvalue weighted by molar-refractivity contribution is 0.208. The van der Waals surface area contributed by atoms with Crippen molar-refractivity contribution in [1.29, 1.82) is 0 Å². The molecule has 0 atom stereocenters. The topological polar surface area (TPSA) is 18.5 Å². The molecule has 0 spiro atoms. The number of hydrogen-bond acceptors (Lipinski definition) is 2. The molecule has 2 aromatic carbocycles. The van der Waals surface area contributed by atoms with E-state index in [1.807, 2.05) is 0 Å². The predicted octanol–water partition coefficient (Wildman–Crippen LogP) is 4.25. The molecular formula is C22H32O2Si2. The van der Waals surface area contributed by atoms with Gasteiger partial charge in [0.25, 0.3) is 0 Å². The predicted molar refractivity (Wildman–Crippen MR) is 115 cm³/mol. The number of benzene rings is 2. The Bertz CT molecular complexity index is 666. The van der Waals surface area contributed by atoms with Crippen molar-refractivity contribution in [2.45, 2.75) is 65.1 Å². The first-order valence-electron chi connectivity index (χ1n) is 9.75. The number of rotatable bonds is 6. The summed E-state index contributed by atoms with van der Waals surface area (Å²) in [6.07, 6.45) is 0.513. The Labute approximate surface area is 160 Å². The molecule has 0 saturated carbocycles. The van der Waals surface area contributed by atoms with Crippen molar-refractivity contribution in [3.05, 3.63) is 59.7 Å². The largest absolute Gasteiger partial charge is 0.410 e. The van der Waals surface area contributed by atoms with Crippen LogP contribution in [0.1, 0.15) is 38.8 Å². The van der Waals surface area contributed by atoms with Gasteiger partial charge in [-0.25, -0.2) is 0 Å². The van der Waals surface area contributed by atoms with Crippen LogP contribution in [0.2, 0.25) is 11.3 Å². The van der Waals surface area contributed by atoms with Crippen molar-refractivity contribution in [2.24, 2.45) is 0 Å². The summed E-state index contributed by atoms with van der Waals surface area (Å²) in [5.74, 6) is 0. The van der Waals surface area contributed by atoms with E-state index in [9.17, 15) is 0 Å². The first kappa shape index (κ1) is 19.6. The van der Waals surface area contributed by atoms with Gasteiger partial charge in [0, 0.05) is 12.2 Å². The van der Waals surface area contributed by atoms with E-state index in [0.717, 1.165) is 11.3 Å². The third kappa shape index (κ3) is 3.88. The fourth-order valence-corrected chi connectivity index (χ4v) is 19.4. The highest BCUT2D eigenvalue weighted by Crippen LogP contribution is 2.42. The van der Waals surface area contributed by atoms with Crippen LogP contribution >= 0.6 is 0 Å². The van der Waals surface area contributed by atoms with Crippen LogP contribution in [-0.4, -0.2) is 28.8 Å². The molecule has 0 aliphatic carbocycles. The van der Waals surface area contributed by atoms with Gasteiger partial charge in [-0.1, -0.05) is 59.7 Å². The van der Waals surface area contributed by atoms with Crippen LogP contribution in [0.5, 0.6) is 0 Å². The normalized spacial score (nSPS) is 25.5. The molecule has 2 aromatic rings. The summed E-state index contributed by atoms with van der Waals surface area (Å²) < 4.78 is 13.4. The Morgan fingerprint density at radius 2 is 0.923 bits per heavy atom. The standard InChI is InChI=1S/C22H32O2Si2/c1-17(2)23-25(21-11-7-19(5)8-12-21)15-26(16-25,24-18(3)4)22-13-9-20(6)10-14-22/h7-14,17-18H,15-16H2,1-6H3. The van der Waals surface area contributed by atoms with Crippen LogP contribution in [0.25, 0.3) is 0 Å². The SMILES string of the molecule is Cc1ccc([Si]2(OC(C)C)C[Si](OC(C)C)(c3ccc(C)cc3)C2)cc1. The second-order valence-electron chi connectivity index (χ2n) is 8.41. The van der Waals surface area contributed by atoms with E-state index in [2.05, 4.69) is 90.1 Å². The van der Waals surface area contributed by atoms with Crippen molar-refractivity contribution >= 4 is 27.0 Å². The third-order valence-electron chi connectivity index (χ3n) is 5.22. The second kappa shape index (κ2) is 7.43. The molecule has 1 fully saturated rings. The van der Waals surface area contributed by atoms with Crippen LogP contribution in [0.4, 0.5) is 0 Å². The van der Waals surface area contributed by atoms with Crippen molar-refractivity contribution in [1.82, 2.24) is 0 Å². The molecule has 0 amide bonds. The summed E-state index contributed by atoms with van der Waals surface area (Å²) in [5, 5.41) is 2.86. The van der Waals surface area contributed by atoms with E-state index in [-0.39, 0.29) is 12.2 Å². The molecule has 1 saturated heterocycles. The summed E-state index contributed by atoms with van der Waals surface area (Å²) in [6.45, 7) is 13.0. The van der Waals surface area contributed by atoms with Gasteiger partial charge < -0.3 is 8.85 Å². The molecule has 1 aliphatic rings. The quantitative estimate of drug-likeness (QED) is 0.693. The Balaban J connectivity index is 1.97. The molecule has 1 aliphatic heterocycles. The minimum Gasteiger partial charge on any atom is -0.410 e. The summed E-state index contributed by atoms with van der Waals surface area (Å²) in [7, 11) is -3.93. The molecule has 26 heavy (non-hydrogen) atoms. The van der Waals surface area contributed by atoms with Crippen molar-refractivity contribution < 1.29 is 8.85 Å². The molecule has 1 heterocycles. The minimum atomic E-state index is -1.97. The third-order valence-corrected chi connectivity index (χ3v) is 19.0. The van der Waals surface area contributed by atoms with E-state index < -0.39 is 16.6 Å². The Kier molecular flexibility index (Phi) is 5.59. The summed E-state index contributed by atoms with van der Waals surface area (Å²) >= 11 is 0. The van der Waals surface area contributed by atoms with E-state index >= 15 is 0 Å². The maximum atomic E-state index is 6.68. The highest BCUT2D eigenvalue weighted by Gasteiger charge is 2.63. The molecular weight excluding hydrogens is 352 g/mol. The molecule has 3 rings (SSSR count). The van der Waals surface area contributed by atoms with Crippen LogP contribution in [0.15, 0.2) is 48.5 Å². The van der Waals surface area contributed by atoms with Gasteiger partial charge in [-0.05, 0) is 63.3 Å². The Morgan fingerprint density at radius 3 is 1.19 bits per heavy atom. The van der Waals surface area contributed by atoms with Gasteiger partial charge in [0.15, 0.2) is 0 Å². The van der Waals surface area contributed by atoms with Gasteiger partial charge >= 0.3 is 0 Å². The zero-order valence-electron chi connectivity index (χ0n) is 17.0. The fraction of sp³-hybridized carbons (Fsp3) is 0.455. The smallest absolute Gasteiger partial charge is 0.224 e. The van der Waals surface area contributed by atoms with Gasteiger partial charge in [0.2, 0.25) is 16.6 Å². The van der Waals surface area contributed by atoms with E-state index in [1.54, 1.807) is 0 Å². The highest BCUT2D eigenvalue weighted by molar-refractivity contribution is 7.18. The molecule has 2 nitrogen and oxygen atoms in total. The van der Waals surface area contributed by atoms with Gasteiger partial charge in [0.05, 0.1) is 0 Å². The van der Waals surface area contributed by atoms with Gasteiger partial charge in [-0.2, -0.15) is 0 Å². The van der Waals surface area contributed by atoms with Crippen molar-refractivity contribution in [2.75, 3.05) is 0 Å². The lowest BCUT2D eigenvalue weighted by atomic mass is 10.2. The molecule has 4 heteroatoms. The molecule has 0 aromatic heterocycles. The maximum absolute atomic E-state index is 6.68. The van der Waals surface area contributed by atoms with E-state index in [4.69, 9.17) is 8.85 Å². The Morgan fingerprint density at radius 1 is 0.615 bits per heavy atom. The summed E-state index contributed by atoms with van der Waals surface area (Å²) in [4.78, 5) is 0. The minimum absolute atomic E-state index is 0.257. The fourth-order valence-electron chi connectivity index (χ4n) is 4.20. The van der Waals surface area contributed by atoms with Gasteiger partial charge in [0.1, 0.15) is 0 Å². The first-order valence-corrected chi connectivity index (χ1v) is 14.4. The van der Waals surface area contributed by atoms with E-state index in [0.29, 0.717) is 0 Å². The van der Waals surface area contributed by atoms with Crippen LogP contribution in [0, 0.1) is 13.8 Å². The molecule has 0 bridgehead atoms. The van der Waals surface area contributed by atoms with E-state index in [1.165, 1.54) is 21.5 Å². The van der Waals surface area contributed by atoms with Crippen LogP contribution < -0.4 is 10.4 Å². The van der Waals surface area contributed by atoms with Crippen LogP contribution in [-0.2, 0) is 8.85 Å². The number of hydrogen-bond donors (Lipinski definition) is 0. The van der Waals surface area contributed by atoms with Crippen LogP contribution in [0.3, 0.4) is 0 Å². The zero-order chi connectivity index (χ0) is 18.9. The first-order chi connectivity index (χ1) is 12.2.